The molecule has 0 radical (unpaired) electrons. The van der Waals surface area contributed by atoms with Crippen LogP contribution in [0.1, 0.15) is 31.7 Å². The third-order valence-electron chi connectivity index (χ3n) is 4.04. The second kappa shape index (κ2) is 6.87. The number of hydrogen-bond donors (Lipinski definition) is 2. The van der Waals surface area contributed by atoms with E-state index in [2.05, 4.69) is 12.2 Å². The largest absolute Gasteiger partial charge is 0.416 e. The summed E-state index contributed by atoms with van der Waals surface area (Å²) in [5.41, 5.74) is -0.823. The van der Waals surface area contributed by atoms with Crippen LogP contribution in [0.3, 0.4) is 0 Å². The van der Waals surface area contributed by atoms with Gasteiger partial charge in [-0.2, -0.15) is 13.2 Å². The Morgan fingerprint density at radius 1 is 1.41 bits per heavy atom. The minimum absolute atomic E-state index is 0.00514. The van der Waals surface area contributed by atoms with Crippen molar-refractivity contribution < 1.29 is 22.9 Å². The summed E-state index contributed by atoms with van der Waals surface area (Å²) in [6.45, 7) is 3.23. The highest BCUT2D eigenvalue weighted by molar-refractivity contribution is 6.33. The number of piperidine rings is 1. The van der Waals surface area contributed by atoms with E-state index in [-0.39, 0.29) is 23.2 Å². The van der Waals surface area contributed by atoms with Crippen molar-refractivity contribution in [1.29, 1.82) is 0 Å². The molecule has 1 fully saturated rings. The molecule has 2 N–H and O–H groups in total. The van der Waals surface area contributed by atoms with Crippen molar-refractivity contribution in [2.24, 2.45) is 0 Å². The van der Waals surface area contributed by atoms with Crippen LogP contribution in [0.4, 0.5) is 18.9 Å². The lowest BCUT2D eigenvalue weighted by Gasteiger charge is -2.29. The molecule has 1 aliphatic heterocycles. The molecule has 1 aromatic rings. The minimum Gasteiger partial charge on any atom is -0.325 e. The zero-order chi connectivity index (χ0) is 16.3. The van der Waals surface area contributed by atoms with Gasteiger partial charge in [0, 0.05) is 0 Å². The van der Waals surface area contributed by atoms with E-state index in [1.165, 1.54) is 0 Å². The van der Waals surface area contributed by atoms with E-state index in [0.717, 1.165) is 48.9 Å². The standard InChI is InChI=1S/C15H18ClF3N2O/c1-10-4-2-3-7-21(10)9-14(22)20-13-8-11(15(17,18)19)5-6-12(13)16/h5-6,8,10H,2-4,7,9H2,1H3,(H,20,22)/p+1/t10-/m0/s1. The Bertz CT molecular complexity index is 548. The van der Waals surface area contributed by atoms with Crippen molar-refractivity contribution in [3.05, 3.63) is 28.8 Å². The third kappa shape index (κ3) is 4.36. The van der Waals surface area contributed by atoms with Crippen LogP contribution in [-0.2, 0) is 11.0 Å². The lowest BCUT2D eigenvalue weighted by Crippen LogP contribution is -3.17. The minimum atomic E-state index is -4.46. The number of anilines is 1. The number of quaternary nitrogens is 1. The summed E-state index contributed by atoms with van der Waals surface area (Å²) in [5, 5.41) is 2.60. The summed E-state index contributed by atoms with van der Waals surface area (Å²) in [6.07, 6.45) is -1.17. The fraction of sp³-hybridized carbons (Fsp3) is 0.533. The second-order valence-electron chi connectivity index (χ2n) is 5.72. The van der Waals surface area contributed by atoms with Gasteiger partial charge in [-0.05, 0) is 44.4 Å². The molecule has 1 heterocycles. The Balaban J connectivity index is 2.04. The third-order valence-corrected chi connectivity index (χ3v) is 4.37. The highest BCUT2D eigenvalue weighted by Gasteiger charge is 2.31. The molecule has 122 valence electrons. The number of nitrogens with one attached hydrogen (secondary N) is 2. The van der Waals surface area contributed by atoms with Gasteiger partial charge in [-0.3, -0.25) is 4.79 Å². The highest BCUT2D eigenvalue weighted by Crippen LogP contribution is 2.33. The predicted octanol–water partition coefficient (Wildman–Crippen LogP) is 2.75. The molecule has 2 rings (SSSR count). The number of carbonyl (C=O) groups excluding carboxylic acids is 1. The van der Waals surface area contributed by atoms with Crippen molar-refractivity contribution >= 4 is 23.2 Å². The van der Waals surface area contributed by atoms with Crippen LogP contribution in [0, 0.1) is 0 Å². The van der Waals surface area contributed by atoms with Crippen LogP contribution >= 0.6 is 11.6 Å². The van der Waals surface area contributed by atoms with Crippen LogP contribution in [-0.4, -0.2) is 25.0 Å². The summed E-state index contributed by atoms with van der Waals surface area (Å²) >= 11 is 5.87. The molecular formula is C15H19ClF3N2O+. The van der Waals surface area contributed by atoms with Crippen molar-refractivity contribution in [3.8, 4) is 0 Å². The van der Waals surface area contributed by atoms with E-state index < -0.39 is 11.7 Å². The number of halogens is 4. The first-order valence-corrected chi connectivity index (χ1v) is 7.66. The van der Waals surface area contributed by atoms with Gasteiger partial charge in [0.05, 0.1) is 28.9 Å². The first-order chi connectivity index (χ1) is 10.3. The monoisotopic (exact) mass is 335 g/mol. The Morgan fingerprint density at radius 3 is 2.77 bits per heavy atom. The molecule has 0 aliphatic carbocycles. The van der Waals surface area contributed by atoms with E-state index in [0.29, 0.717) is 6.04 Å². The number of rotatable bonds is 3. The molecule has 0 spiro atoms. The Labute approximate surface area is 132 Å². The van der Waals surface area contributed by atoms with E-state index >= 15 is 0 Å². The number of benzene rings is 1. The smallest absolute Gasteiger partial charge is 0.325 e. The van der Waals surface area contributed by atoms with Crippen LogP contribution in [0.5, 0.6) is 0 Å². The average molecular weight is 336 g/mol. The molecular weight excluding hydrogens is 317 g/mol. The maximum absolute atomic E-state index is 12.7. The SMILES string of the molecule is C[C@H]1CCCC[NH+]1CC(=O)Nc1cc(C(F)(F)F)ccc1Cl. The summed E-state index contributed by atoms with van der Waals surface area (Å²) in [5.74, 6) is -0.315. The fourth-order valence-electron chi connectivity index (χ4n) is 2.71. The highest BCUT2D eigenvalue weighted by atomic mass is 35.5. The van der Waals surface area contributed by atoms with Crippen LogP contribution in [0.25, 0.3) is 0 Å². The van der Waals surface area contributed by atoms with Gasteiger partial charge in [-0.1, -0.05) is 11.6 Å². The first kappa shape index (κ1) is 17.1. The van der Waals surface area contributed by atoms with Gasteiger partial charge in [0.2, 0.25) is 0 Å². The summed E-state index contributed by atoms with van der Waals surface area (Å²) in [4.78, 5) is 13.2. The summed E-state index contributed by atoms with van der Waals surface area (Å²) < 4.78 is 38.1. The molecule has 1 saturated heterocycles. The molecule has 0 bridgehead atoms. The Morgan fingerprint density at radius 2 is 2.14 bits per heavy atom. The normalized spacial score (nSPS) is 22.4. The Hall–Kier alpha value is -1.27. The average Bonchev–Trinajstić information content (AvgIpc) is 2.42. The first-order valence-electron chi connectivity index (χ1n) is 7.28. The van der Waals surface area contributed by atoms with Crippen molar-refractivity contribution in [3.63, 3.8) is 0 Å². The maximum Gasteiger partial charge on any atom is 0.416 e. The van der Waals surface area contributed by atoms with Crippen molar-refractivity contribution in [2.75, 3.05) is 18.4 Å². The molecule has 0 saturated carbocycles. The summed E-state index contributed by atoms with van der Waals surface area (Å²) in [6, 6.07) is 3.30. The van der Waals surface area contributed by atoms with Crippen LogP contribution in [0.15, 0.2) is 18.2 Å². The molecule has 1 unspecified atom stereocenters. The van der Waals surface area contributed by atoms with Crippen LogP contribution in [0.2, 0.25) is 5.02 Å². The van der Waals surface area contributed by atoms with Gasteiger partial charge in [0.1, 0.15) is 0 Å². The number of amides is 1. The molecule has 2 atom stereocenters. The predicted molar refractivity (Wildman–Crippen MR) is 79.1 cm³/mol. The molecule has 7 heteroatoms. The van der Waals surface area contributed by atoms with Gasteiger partial charge < -0.3 is 10.2 Å². The molecule has 1 aliphatic rings. The zero-order valence-corrected chi connectivity index (χ0v) is 13.0. The fourth-order valence-corrected chi connectivity index (χ4v) is 2.88. The molecule has 1 aromatic carbocycles. The lowest BCUT2D eigenvalue weighted by molar-refractivity contribution is -0.920. The topological polar surface area (TPSA) is 33.5 Å². The van der Waals surface area contributed by atoms with Crippen molar-refractivity contribution in [1.82, 2.24) is 0 Å². The zero-order valence-electron chi connectivity index (χ0n) is 12.3. The number of alkyl halides is 3. The quantitative estimate of drug-likeness (QED) is 0.875. The second-order valence-corrected chi connectivity index (χ2v) is 6.13. The number of likely N-dealkylation sites (tertiary alicyclic amines) is 1. The van der Waals surface area contributed by atoms with E-state index in [1.54, 1.807) is 0 Å². The van der Waals surface area contributed by atoms with Crippen molar-refractivity contribution in [2.45, 2.75) is 38.4 Å². The molecule has 22 heavy (non-hydrogen) atoms. The number of carbonyl (C=O) groups is 1. The van der Waals surface area contributed by atoms with Gasteiger partial charge in [-0.15, -0.1) is 0 Å². The van der Waals surface area contributed by atoms with E-state index in [1.807, 2.05) is 0 Å². The van der Waals surface area contributed by atoms with E-state index in [9.17, 15) is 18.0 Å². The molecule has 0 aromatic heterocycles. The number of hydrogen-bond acceptors (Lipinski definition) is 1. The Kier molecular flexibility index (Phi) is 5.34. The van der Waals surface area contributed by atoms with Gasteiger partial charge in [0.15, 0.2) is 6.54 Å². The van der Waals surface area contributed by atoms with E-state index in [4.69, 9.17) is 11.6 Å². The lowest BCUT2D eigenvalue weighted by atomic mass is 10.0. The molecule has 3 nitrogen and oxygen atoms in total. The molecule has 1 amide bonds. The summed E-state index contributed by atoms with van der Waals surface area (Å²) in [7, 11) is 0. The van der Waals surface area contributed by atoms with Gasteiger partial charge in [0.25, 0.3) is 5.91 Å². The van der Waals surface area contributed by atoms with Gasteiger partial charge >= 0.3 is 6.18 Å². The van der Waals surface area contributed by atoms with Crippen LogP contribution < -0.4 is 10.2 Å². The van der Waals surface area contributed by atoms with Gasteiger partial charge in [-0.25, -0.2) is 0 Å². The maximum atomic E-state index is 12.7.